The number of nitrogens with zero attached hydrogens (tertiary/aromatic N) is 1. The minimum Gasteiger partial charge on any atom is -0.489 e. The van der Waals surface area contributed by atoms with Gasteiger partial charge in [-0.2, -0.15) is 0 Å². The monoisotopic (exact) mass is 486 g/mol. The van der Waals surface area contributed by atoms with Gasteiger partial charge in [-0.1, -0.05) is 59.6 Å². The van der Waals surface area contributed by atoms with E-state index in [0.29, 0.717) is 35.1 Å². The highest BCUT2D eigenvalue weighted by Gasteiger charge is 2.36. The van der Waals surface area contributed by atoms with Gasteiger partial charge in [0, 0.05) is 10.6 Å². The van der Waals surface area contributed by atoms with Crippen molar-refractivity contribution in [2.75, 3.05) is 4.90 Å². The molecule has 35 heavy (non-hydrogen) atoms. The number of ether oxygens (including phenoxy) is 1. The number of imide groups is 2. The maximum absolute atomic E-state index is 13.1. The van der Waals surface area contributed by atoms with E-state index in [1.807, 2.05) is 31.2 Å². The van der Waals surface area contributed by atoms with Crippen molar-refractivity contribution in [1.29, 1.82) is 0 Å². The van der Waals surface area contributed by atoms with E-state index in [0.717, 1.165) is 21.6 Å². The van der Waals surface area contributed by atoms with Gasteiger partial charge in [-0.25, -0.2) is 9.69 Å². The van der Waals surface area contributed by atoms with Crippen molar-refractivity contribution in [3.63, 3.8) is 0 Å². The number of barbiturate groups is 1. The van der Waals surface area contributed by atoms with Gasteiger partial charge in [0.05, 0.1) is 5.69 Å². The predicted octanol–water partition coefficient (Wildman–Crippen LogP) is 5.62. The summed E-state index contributed by atoms with van der Waals surface area (Å²) in [6, 6.07) is 18.9. The zero-order chi connectivity index (χ0) is 24.9. The van der Waals surface area contributed by atoms with Gasteiger partial charge >= 0.3 is 6.03 Å². The second-order valence-electron chi connectivity index (χ2n) is 8.03. The van der Waals surface area contributed by atoms with Gasteiger partial charge in [0.15, 0.2) is 0 Å². The smallest absolute Gasteiger partial charge is 0.335 e. The summed E-state index contributed by atoms with van der Waals surface area (Å²) in [5.41, 5.74) is 3.53. The van der Waals surface area contributed by atoms with E-state index in [-0.39, 0.29) is 5.57 Å². The van der Waals surface area contributed by atoms with Crippen LogP contribution in [-0.2, 0) is 22.6 Å². The number of aryl methyl sites for hydroxylation is 1. The lowest BCUT2D eigenvalue weighted by molar-refractivity contribution is -0.122. The molecule has 0 bridgehead atoms. The average Bonchev–Trinajstić information content (AvgIpc) is 2.83. The Morgan fingerprint density at radius 2 is 1.74 bits per heavy atom. The lowest BCUT2D eigenvalue weighted by Crippen LogP contribution is -2.54. The van der Waals surface area contributed by atoms with Crippen LogP contribution in [0.2, 0.25) is 5.02 Å². The molecule has 0 radical (unpaired) electrons. The van der Waals surface area contributed by atoms with Crippen LogP contribution in [0.4, 0.5) is 10.5 Å². The summed E-state index contributed by atoms with van der Waals surface area (Å²) >= 11 is 6.22. The Kier molecular flexibility index (Phi) is 7.13. The second-order valence-corrected chi connectivity index (χ2v) is 8.44. The van der Waals surface area contributed by atoms with E-state index in [2.05, 4.69) is 11.9 Å². The molecule has 0 aliphatic carbocycles. The summed E-state index contributed by atoms with van der Waals surface area (Å²) < 4.78 is 5.99. The third-order valence-electron chi connectivity index (χ3n) is 5.49. The van der Waals surface area contributed by atoms with Crippen LogP contribution in [0.25, 0.3) is 6.08 Å². The number of carbonyl (C=O) groups excluding carboxylic acids is 3. The van der Waals surface area contributed by atoms with Crippen molar-refractivity contribution in [3.05, 3.63) is 112 Å². The fraction of sp³-hybridized carbons (Fsp3) is 0.107. The molecule has 4 rings (SSSR count). The van der Waals surface area contributed by atoms with Gasteiger partial charge in [-0.15, -0.1) is 6.58 Å². The number of anilines is 1. The molecule has 0 unspecified atom stereocenters. The Hall–Kier alpha value is -4.16. The number of amides is 4. The predicted molar refractivity (Wildman–Crippen MR) is 136 cm³/mol. The molecule has 4 amide bonds. The standard InChI is InChI=1S/C28H23ClN2O4/c1-3-6-20-15-19(11-14-25(20)35-17-21-7-4-5-8-24(21)29)16-23-26(32)30-28(34)31(27(23)33)22-12-9-18(2)10-13-22/h3-5,7-16H,1,6,17H2,2H3,(H,30,32,34)/b23-16+. The minimum atomic E-state index is -0.781. The lowest BCUT2D eigenvalue weighted by atomic mass is 10.0. The number of carbonyl (C=O) groups is 3. The van der Waals surface area contributed by atoms with Crippen molar-refractivity contribution in [2.24, 2.45) is 0 Å². The van der Waals surface area contributed by atoms with Crippen LogP contribution >= 0.6 is 11.6 Å². The number of halogens is 1. The van der Waals surface area contributed by atoms with Crippen LogP contribution < -0.4 is 15.0 Å². The fourth-order valence-electron chi connectivity index (χ4n) is 3.67. The Bertz CT molecular complexity index is 1350. The van der Waals surface area contributed by atoms with Crippen LogP contribution in [0.5, 0.6) is 5.75 Å². The molecule has 1 fully saturated rings. The van der Waals surface area contributed by atoms with Crippen molar-refractivity contribution < 1.29 is 19.1 Å². The Morgan fingerprint density at radius 3 is 2.46 bits per heavy atom. The average molecular weight is 487 g/mol. The summed E-state index contributed by atoms with van der Waals surface area (Å²) in [6.45, 7) is 6.00. The van der Waals surface area contributed by atoms with E-state index in [9.17, 15) is 14.4 Å². The first-order valence-electron chi connectivity index (χ1n) is 11.0. The molecule has 1 heterocycles. The number of nitrogens with one attached hydrogen (secondary N) is 1. The number of hydrogen-bond donors (Lipinski definition) is 1. The molecule has 0 spiro atoms. The lowest BCUT2D eigenvalue weighted by Gasteiger charge is -2.26. The van der Waals surface area contributed by atoms with Crippen LogP contribution in [0.15, 0.2) is 85.0 Å². The van der Waals surface area contributed by atoms with Crippen LogP contribution in [0.1, 0.15) is 22.3 Å². The Balaban J connectivity index is 1.62. The van der Waals surface area contributed by atoms with Crippen molar-refractivity contribution in [3.8, 4) is 5.75 Å². The third kappa shape index (κ3) is 5.34. The van der Waals surface area contributed by atoms with E-state index in [4.69, 9.17) is 16.3 Å². The van der Waals surface area contributed by atoms with Gasteiger partial charge in [-0.3, -0.25) is 14.9 Å². The van der Waals surface area contributed by atoms with Gasteiger partial charge < -0.3 is 4.74 Å². The number of benzene rings is 3. The third-order valence-corrected chi connectivity index (χ3v) is 5.86. The molecule has 0 saturated carbocycles. The van der Waals surface area contributed by atoms with Gasteiger partial charge in [0.1, 0.15) is 17.9 Å². The topological polar surface area (TPSA) is 75.7 Å². The second kappa shape index (κ2) is 10.4. The summed E-state index contributed by atoms with van der Waals surface area (Å²) in [7, 11) is 0. The molecule has 176 valence electrons. The maximum Gasteiger partial charge on any atom is 0.335 e. The molecular weight excluding hydrogens is 464 g/mol. The highest BCUT2D eigenvalue weighted by molar-refractivity contribution is 6.39. The van der Waals surface area contributed by atoms with Gasteiger partial charge in [-0.05, 0) is 60.9 Å². The molecule has 1 saturated heterocycles. The zero-order valence-corrected chi connectivity index (χ0v) is 19.8. The molecule has 3 aromatic rings. The first kappa shape index (κ1) is 24.0. The van der Waals surface area contributed by atoms with Crippen LogP contribution in [-0.4, -0.2) is 17.8 Å². The van der Waals surface area contributed by atoms with E-state index in [1.165, 1.54) is 6.08 Å². The minimum absolute atomic E-state index is 0.139. The number of hydrogen-bond acceptors (Lipinski definition) is 4. The maximum atomic E-state index is 13.1. The summed E-state index contributed by atoms with van der Waals surface area (Å²) in [4.78, 5) is 39.0. The molecule has 1 aliphatic heterocycles. The van der Waals surface area contributed by atoms with Crippen LogP contribution in [0.3, 0.4) is 0 Å². The molecule has 0 aromatic heterocycles. The Labute approximate surface area is 208 Å². The molecule has 1 N–H and O–H groups in total. The number of urea groups is 1. The first-order chi connectivity index (χ1) is 16.9. The zero-order valence-electron chi connectivity index (χ0n) is 19.1. The summed E-state index contributed by atoms with van der Waals surface area (Å²) in [6.07, 6.45) is 3.73. The molecule has 7 heteroatoms. The molecule has 3 aromatic carbocycles. The fourth-order valence-corrected chi connectivity index (χ4v) is 3.86. The number of allylic oxidation sites excluding steroid dienone is 1. The largest absolute Gasteiger partial charge is 0.489 e. The van der Waals surface area contributed by atoms with Crippen molar-refractivity contribution >= 4 is 41.2 Å². The van der Waals surface area contributed by atoms with Crippen molar-refractivity contribution in [2.45, 2.75) is 20.0 Å². The van der Waals surface area contributed by atoms with Crippen molar-refractivity contribution in [1.82, 2.24) is 5.32 Å². The molecule has 1 aliphatic rings. The normalized spacial score (nSPS) is 14.7. The molecule has 0 atom stereocenters. The quantitative estimate of drug-likeness (QED) is 0.267. The highest BCUT2D eigenvalue weighted by atomic mass is 35.5. The number of rotatable bonds is 7. The van der Waals surface area contributed by atoms with Crippen LogP contribution in [0, 0.1) is 6.92 Å². The Morgan fingerprint density at radius 1 is 1.00 bits per heavy atom. The van der Waals surface area contributed by atoms with E-state index < -0.39 is 17.8 Å². The van der Waals surface area contributed by atoms with Gasteiger partial charge in [0.2, 0.25) is 0 Å². The van der Waals surface area contributed by atoms with E-state index >= 15 is 0 Å². The highest BCUT2D eigenvalue weighted by Crippen LogP contribution is 2.27. The summed E-state index contributed by atoms with van der Waals surface area (Å²) in [5, 5.41) is 2.86. The first-order valence-corrected chi connectivity index (χ1v) is 11.3. The van der Waals surface area contributed by atoms with Gasteiger partial charge in [0.25, 0.3) is 11.8 Å². The molecular formula is C28H23ClN2O4. The van der Waals surface area contributed by atoms with E-state index in [1.54, 1.807) is 48.5 Å². The summed E-state index contributed by atoms with van der Waals surface area (Å²) in [5.74, 6) is -0.789. The molecule has 6 nitrogen and oxygen atoms in total. The SMILES string of the molecule is C=CCc1cc(/C=C2\C(=O)NC(=O)N(c3ccc(C)cc3)C2=O)ccc1OCc1ccccc1Cl.